The standard InChI is InChI=1S/C26H29N3O4/c1-16(2)12-23(31)28-21-11-6-5-10-19(21)27-20-14-26(3,4)15-22(30)24(20)25(28)17-8-7-9-18(13-17)29(32)33/h5-11,13,16,25,27H,12,14-15H2,1-4H3. The Labute approximate surface area is 193 Å². The molecule has 0 radical (unpaired) electrons. The van der Waals surface area contributed by atoms with Gasteiger partial charge in [0.15, 0.2) is 5.78 Å². The molecule has 1 atom stereocenters. The highest BCUT2D eigenvalue weighted by atomic mass is 16.6. The summed E-state index contributed by atoms with van der Waals surface area (Å²) in [7, 11) is 0. The number of Topliss-reactive ketones (excluding diaryl/α,β-unsaturated/α-hetero) is 1. The molecule has 1 aliphatic heterocycles. The van der Waals surface area contributed by atoms with Crippen molar-refractivity contribution in [1.29, 1.82) is 0 Å². The Morgan fingerprint density at radius 3 is 2.61 bits per heavy atom. The van der Waals surface area contributed by atoms with E-state index in [4.69, 9.17) is 0 Å². The molecule has 0 aromatic heterocycles. The topological polar surface area (TPSA) is 92.6 Å². The van der Waals surface area contributed by atoms with Gasteiger partial charge in [-0.25, -0.2) is 0 Å². The van der Waals surface area contributed by atoms with Gasteiger partial charge in [0.2, 0.25) is 5.91 Å². The van der Waals surface area contributed by atoms with Crippen molar-refractivity contribution < 1.29 is 14.5 Å². The number of amides is 1. The molecular weight excluding hydrogens is 418 g/mol. The highest BCUT2D eigenvalue weighted by Gasteiger charge is 2.43. The number of fused-ring (bicyclic) bond motifs is 1. The number of non-ortho nitro benzene ring substituents is 1. The third-order valence-corrected chi connectivity index (χ3v) is 6.15. The number of ketones is 1. The van der Waals surface area contributed by atoms with Crippen molar-refractivity contribution in [3.8, 4) is 0 Å². The lowest BCUT2D eigenvalue weighted by Crippen LogP contribution is -2.40. The van der Waals surface area contributed by atoms with Gasteiger partial charge in [-0.3, -0.25) is 24.6 Å². The third kappa shape index (κ3) is 4.40. The molecule has 0 bridgehead atoms. The molecule has 4 rings (SSSR count). The smallest absolute Gasteiger partial charge is 0.269 e. The molecule has 1 N–H and O–H groups in total. The molecule has 1 aliphatic carbocycles. The average Bonchev–Trinajstić information content (AvgIpc) is 2.86. The van der Waals surface area contributed by atoms with Gasteiger partial charge < -0.3 is 5.32 Å². The predicted octanol–water partition coefficient (Wildman–Crippen LogP) is 5.78. The average molecular weight is 448 g/mol. The summed E-state index contributed by atoms with van der Waals surface area (Å²) in [4.78, 5) is 40.0. The van der Waals surface area contributed by atoms with Crippen LogP contribution in [-0.4, -0.2) is 16.6 Å². The van der Waals surface area contributed by atoms with E-state index in [1.807, 2.05) is 38.1 Å². The first-order chi connectivity index (χ1) is 15.6. The highest BCUT2D eigenvalue weighted by Crippen LogP contribution is 2.48. The van der Waals surface area contributed by atoms with E-state index in [2.05, 4.69) is 19.2 Å². The number of nitrogens with zero attached hydrogens (tertiary/aromatic N) is 2. The van der Waals surface area contributed by atoms with E-state index in [1.165, 1.54) is 12.1 Å². The van der Waals surface area contributed by atoms with Crippen LogP contribution in [0.4, 0.5) is 17.1 Å². The second-order valence-corrected chi connectivity index (χ2v) is 10.1. The first-order valence-electron chi connectivity index (χ1n) is 11.3. The van der Waals surface area contributed by atoms with Crippen LogP contribution in [0.5, 0.6) is 0 Å². The monoisotopic (exact) mass is 447 g/mol. The maximum atomic E-state index is 13.7. The van der Waals surface area contributed by atoms with Crippen LogP contribution in [0.3, 0.4) is 0 Å². The van der Waals surface area contributed by atoms with Crippen molar-refractivity contribution in [1.82, 2.24) is 0 Å². The largest absolute Gasteiger partial charge is 0.357 e. The molecule has 1 unspecified atom stereocenters. The lowest BCUT2D eigenvalue weighted by Gasteiger charge is -2.37. The Balaban J connectivity index is 2.01. The van der Waals surface area contributed by atoms with Gasteiger partial charge in [-0.2, -0.15) is 0 Å². The maximum Gasteiger partial charge on any atom is 0.269 e. The number of benzene rings is 2. The van der Waals surface area contributed by atoms with Crippen LogP contribution in [0, 0.1) is 21.4 Å². The van der Waals surface area contributed by atoms with Gasteiger partial charge in [0, 0.05) is 36.2 Å². The summed E-state index contributed by atoms with van der Waals surface area (Å²) in [6.07, 6.45) is 1.28. The van der Waals surface area contributed by atoms with Gasteiger partial charge in [0.1, 0.15) is 0 Å². The Bertz CT molecular complexity index is 1170. The van der Waals surface area contributed by atoms with Crippen molar-refractivity contribution in [3.63, 3.8) is 0 Å². The van der Waals surface area contributed by atoms with E-state index in [9.17, 15) is 19.7 Å². The molecule has 7 heteroatoms. The molecule has 2 aromatic rings. The van der Waals surface area contributed by atoms with Crippen molar-refractivity contribution in [2.45, 2.75) is 53.0 Å². The fourth-order valence-electron chi connectivity index (χ4n) is 4.83. The number of nitrogens with one attached hydrogen (secondary N) is 1. The van der Waals surface area contributed by atoms with Gasteiger partial charge in [-0.05, 0) is 35.4 Å². The summed E-state index contributed by atoms with van der Waals surface area (Å²) in [6, 6.07) is 13.0. The zero-order chi connectivity index (χ0) is 23.9. The number of rotatable bonds is 4. The quantitative estimate of drug-likeness (QED) is 0.473. The van der Waals surface area contributed by atoms with E-state index < -0.39 is 11.0 Å². The van der Waals surface area contributed by atoms with Gasteiger partial charge in [0.05, 0.1) is 22.3 Å². The number of anilines is 2. The lowest BCUT2D eigenvalue weighted by molar-refractivity contribution is -0.384. The first-order valence-corrected chi connectivity index (χ1v) is 11.3. The summed E-state index contributed by atoms with van der Waals surface area (Å²) in [5, 5.41) is 15.0. The lowest BCUT2D eigenvalue weighted by atomic mass is 9.73. The summed E-state index contributed by atoms with van der Waals surface area (Å²) >= 11 is 0. The second-order valence-electron chi connectivity index (χ2n) is 10.1. The zero-order valence-corrected chi connectivity index (χ0v) is 19.4. The van der Waals surface area contributed by atoms with Crippen molar-refractivity contribution in [3.05, 3.63) is 75.5 Å². The van der Waals surface area contributed by atoms with Crippen LogP contribution in [0.1, 0.15) is 58.6 Å². The number of carbonyl (C=O) groups is 2. The first kappa shape index (κ1) is 22.7. The van der Waals surface area contributed by atoms with Crippen molar-refractivity contribution >= 4 is 28.8 Å². The van der Waals surface area contributed by atoms with Crippen molar-refractivity contribution in [2.75, 3.05) is 10.2 Å². The van der Waals surface area contributed by atoms with E-state index in [-0.39, 0.29) is 28.7 Å². The molecule has 172 valence electrons. The molecule has 2 aliphatic rings. The number of hydrogen-bond acceptors (Lipinski definition) is 5. The minimum Gasteiger partial charge on any atom is -0.357 e. The summed E-state index contributed by atoms with van der Waals surface area (Å²) in [5.41, 5.74) is 2.96. The maximum absolute atomic E-state index is 13.7. The van der Waals surface area contributed by atoms with Crippen LogP contribution >= 0.6 is 0 Å². The van der Waals surface area contributed by atoms with Crippen molar-refractivity contribution in [2.24, 2.45) is 11.3 Å². The number of carbonyl (C=O) groups excluding carboxylic acids is 2. The van der Waals surface area contributed by atoms with Crippen LogP contribution in [0.2, 0.25) is 0 Å². The molecule has 33 heavy (non-hydrogen) atoms. The molecule has 0 saturated carbocycles. The Morgan fingerprint density at radius 1 is 1.18 bits per heavy atom. The van der Waals surface area contributed by atoms with Crippen LogP contribution in [0.25, 0.3) is 0 Å². The van der Waals surface area contributed by atoms with Crippen LogP contribution in [0.15, 0.2) is 59.8 Å². The minimum absolute atomic E-state index is 0.0413. The predicted molar refractivity (Wildman–Crippen MR) is 128 cm³/mol. The molecule has 0 spiro atoms. The minimum atomic E-state index is -0.745. The van der Waals surface area contributed by atoms with Gasteiger partial charge in [-0.1, -0.05) is 52.0 Å². The van der Waals surface area contributed by atoms with E-state index >= 15 is 0 Å². The van der Waals surface area contributed by atoms with E-state index in [0.717, 1.165) is 11.4 Å². The Morgan fingerprint density at radius 2 is 1.91 bits per heavy atom. The zero-order valence-electron chi connectivity index (χ0n) is 19.4. The summed E-state index contributed by atoms with van der Waals surface area (Å²) in [5.74, 6) is -0.0522. The van der Waals surface area contributed by atoms with Crippen LogP contribution < -0.4 is 10.2 Å². The number of para-hydroxylation sites is 2. The number of allylic oxidation sites excluding steroid dienone is 1. The molecule has 0 fully saturated rings. The molecule has 0 saturated heterocycles. The highest BCUT2D eigenvalue weighted by molar-refractivity contribution is 6.06. The fourth-order valence-corrected chi connectivity index (χ4v) is 4.83. The Hall–Kier alpha value is -3.48. The number of hydrogen-bond donors (Lipinski definition) is 1. The second kappa shape index (κ2) is 8.46. The normalized spacial score (nSPS) is 19.5. The fraction of sp³-hybridized carbons (Fsp3) is 0.385. The SMILES string of the molecule is CC(C)CC(=O)N1c2ccccc2NC2=C(C(=O)CC(C)(C)C2)C1c1cccc([N+](=O)[O-])c1. The molecule has 7 nitrogen and oxygen atoms in total. The van der Waals surface area contributed by atoms with Gasteiger partial charge >= 0.3 is 0 Å². The van der Waals surface area contributed by atoms with Crippen LogP contribution in [-0.2, 0) is 9.59 Å². The molecule has 1 heterocycles. The summed E-state index contributed by atoms with van der Waals surface area (Å²) < 4.78 is 0. The van der Waals surface area contributed by atoms with Gasteiger partial charge in [-0.15, -0.1) is 0 Å². The number of nitro benzene ring substituents is 1. The van der Waals surface area contributed by atoms with E-state index in [0.29, 0.717) is 36.1 Å². The molecular formula is C26H29N3O4. The Kier molecular flexibility index (Phi) is 5.82. The third-order valence-electron chi connectivity index (χ3n) is 6.15. The van der Waals surface area contributed by atoms with Gasteiger partial charge in [0.25, 0.3) is 5.69 Å². The molecule has 2 aromatic carbocycles. The number of nitro groups is 1. The summed E-state index contributed by atoms with van der Waals surface area (Å²) in [6.45, 7) is 8.05. The van der Waals surface area contributed by atoms with E-state index in [1.54, 1.807) is 17.0 Å². The molecule has 1 amide bonds.